The molecule has 15 heavy (non-hydrogen) atoms. The van der Waals surface area contributed by atoms with Crippen LogP contribution in [-0.4, -0.2) is 37.1 Å². The molecule has 2 heteroatoms. The Bertz CT molecular complexity index is 162. The minimum Gasteiger partial charge on any atom is -0.313 e. The van der Waals surface area contributed by atoms with Crippen LogP contribution < -0.4 is 5.32 Å². The van der Waals surface area contributed by atoms with Gasteiger partial charge in [0.2, 0.25) is 0 Å². The molecular weight excluding hydrogens is 184 g/mol. The van der Waals surface area contributed by atoms with Crippen molar-refractivity contribution in [1.29, 1.82) is 0 Å². The van der Waals surface area contributed by atoms with Crippen LogP contribution in [0.3, 0.4) is 0 Å². The Kier molecular flexibility index (Phi) is 5.62. The Morgan fingerprint density at radius 2 is 2.00 bits per heavy atom. The average Bonchev–Trinajstić information content (AvgIpc) is 2.18. The van der Waals surface area contributed by atoms with Gasteiger partial charge in [0, 0.05) is 18.6 Å². The van der Waals surface area contributed by atoms with Gasteiger partial charge in [-0.05, 0) is 45.7 Å². The minimum absolute atomic E-state index is 0.716. The molecule has 0 aromatic rings. The molecule has 1 rings (SSSR count). The fourth-order valence-electron chi connectivity index (χ4n) is 2.47. The molecule has 0 bridgehead atoms. The van der Waals surface area contributed by atoms with E-state index in [1.54, 1.807) is 0 Å². The van der Waals surface area contributed by atoms with E-state index in [9.17, 15) is 0 Å². The van der Waals surface area contributed by atoms with E-state index in [0.29, 0.717) is 6.04 Å². The van der Waals surface area contributed by atoms with Crippen molar-refractivity contribution in [1.82, 2.24) is 10.2 Å². The van der Waals surface area contributed by atoms with E-state index < -0.39 is 0 Å². The first-order valence-corrected chi connectivity index (χ1v) is 6.53. The van der Waals surface area contributed by atoms with Crippen LogP contribution in [0, 0.1) is 5.92 Å². The van der Waals surface area contributed by atoms with E-state index in [0.717, 1.165) is 12.0 Å². The Labute approximate surface area is 95.4 Å². The fourth-order valence-corrected chi connectivity index (χ4v) is 2.47. The van der Waals surface area contributed by atoms with Gasteiger partial charge in [-0.15, -0.1) is 0 Å². The molecule has 0 radical (unpaired) electrons. The van der Waals surface area contributed by atoms with Gasteiger partial charge in [-0.25, -0.2) is 0 Å². The summed E-state index contributed by atoms with van der Waals surface area (Å²) in [5.41, 5.74) is 0. The molecule has 1 aliphatic heterocycles. The van der Waals surface area contributed by atoms with Gasteiger partial charge in [-0.1, -0.05) is 20.3 Å². The summed E-state index contributed by atoms with van der Waals surface area (Å²) in [5.74, 6) is 0.807. The van der Waals surface area contributed by atoms with Crippen molar-refractivity contribution in [3.63, 3.8) is 0 Å². The summed E-state index contributed by atoms with van der Waals surface area (Å²) in [7, 11) is 2.27. The zero-order valence-electron chi connectivity index (χ0n) is 10.9. The second-order valence-corrected chi connectivity index (χ2v) is 5.56. The number of nitrogens with zero attached hydrogens (tertiary/aromatic N) is 1. The molecule has 0 aromatic heterocycles. The van der Waals surface area contributed by atoms with Gasteiger partial charge in [0.1, 0.15) is 0 Å². The highest BCUT2D eigenvalue weighted by Crippen LogP contribution is 2.13. The highest BCUT2D eigenvalue weighted by atomic mass is 15.1. The van der Waals surface area contributed by atoms with Crippen LogP contribution in [0.2, 0.25) is 0 Å². The van der Waals surface area contributed by atoms with E-state index >= 15 is 0 Å². The molecule has 2 atom stereocenters. The SMILES string of the molecule is CC(C)CC(C)N(C)CC1CCCCN1. The molecule has 0 aromatic carbocycles. The smallest absolute Gasteiger partial charge is 0.0195 e. The van der Waals surface area contributed by atoms with E-state index in [1.807, 2.05) is 0 Å². The second-order valence-electron chi connectivity index (χ2n) is 5.56. The third-order valence-corrected chi connectivity index (χ3v) is 3.49. The van der Waals surface area contributed by atoms with Crippen molar-refractivity contribution < 1.29 is 0 Å². The maximum Gasteiger partial charge on any atom is 0.0195 e. The molecule has 1 N–H and O–H groups in total. The number of rotatable bonds is 5. The van der Waals surface area contributed by atoms with Crippen molar-refractivity contribution in [2.24, 2.45) is 5.92 Å². The Morgan fingerprint density at radius 3 is 2.53 bits per heavy atom. The number of nitrogens with one attached hydrogen (secondary N) is 1. The predicted molar refractivity (Wildman–Crippen MR) is 67.2 cm³/mol. The van der Waals surface area contributed by atoms with Gasteiger partial charge >= 0.3 is 0 Å². The third-order valence-electron chi connectivity index (χ3n) is 3.49. The first kappa shape index (κ1) is 13.0. The largest absolute Gasteiger partial charge is 0.313 e. The number of hydrogen-bond acceptors (Lipinski definition) is 2. The molecular formula is C13H28N2. The number of piperidine rings is 1. The summed E-state index contributed by atoms with van der Waals surface area (Å²) >= 11 is 0. The van der Waals surface area contributed by atoms with Crippen LogP contribution in [0.25, 0.3) is 0 Å². The standard InChI is InChI=1S/C13H28N2/c1-11(2)9-12(3)15(4)10-13-7-5-6-8-14-13/h11-14H,5-10H2,1-4H3. The zero-order chi connectivity index (χ0) is 11.3. The van der Waals surface area contributed by atoms with Crippen LogP contribution in [0.5, 0.6) is 0 Å². The molecule has 2 nitrogen and oxygen atoms in total. The summed E-state index contributed by atoms with van der Waals surface area (Å²) in [6, 6.07) is 1.45. The van der Waals surface area contributed by atoms with Gasteiger partial charge in [-0.3, -0.25) is 0 Å². The van der Waals surface area contributed by atoms with Gasteiger partial charge in [0.05, 0.1) is 0 Å². The van der Waals surface area contributed by atoms with Crippen molar-refractivity contribution in [2.45, 2.75) is 58.5 Å². The third kappa shape index (κ3) is 4.98. The van der Waals surface area contributed by atoms with E-state index in [2.05, 4.69) is 38.0 Å². The van der Waals surface area contributed by atoms with Gasteiger partial charge < -0.3 is 10.2 Å². The molecule has 1 fully saturated rings. The molecule has 2 unspecified atom stereocenters. The van der Waals surface area contributed by atoms with Crippen LogP contribution in [0.4, 0.5) is 0 Å². The molecule has 1 aliphatic rings. The van der Waals surface area contributed by atoms with Crippen LogP contribution in [0.15, 0.2) is 0 Å². The number of likely N-dealkylation sites (N-methyl/N-ethyl adjacent to an activating group) is 1. The van der Waals surface area contributed by atoms with Crippen molar-refractivity contribution in [3.8, 4) is 0 Å². The topological polar surface area (TPSA) is 15.3 Å². The monoisotopic (exact) mass is 212 g/mol. The fraction of sp³-hybridized carbons (Fsp3) is 1.00. The first-order chi connectivity index (χ1) is 7.09. The average molecular weight is 212 g/mol. The van der Waals surface area contributed by atoms with E-state index in [1.165, 1.54) is 38.8 Å². The second kappa shape index (κ2) is 6.49. The molecule has 0 aliphatic carbocycles. The molecule has 0 spiro atoms. The summed E-state index contributed by atoms with van der Waals surface area (Å²) in [6.45, 7) is 9.40. The molecule has 90 valence electrons. The minimum atomic E-state index is 0.716. The molecule has 0 saturated carbocycles. The summed E-state index contributed by atoms with van der Waals surface area (Å²) < 4.78 is 0. The zero-order valence-corrected chi connectivity index (χ0v) is 10.9. The predicted octanol–water partition coefficient (Wildman–Crippen LogP) is 2.49. The van der Waals surface area contributed by atoms with Gasteiger partial charge in [0.25, 0.3) is 0 Å². The maximum atomic E-state index is 3.62. The summed E-state index contributed by atoms with van der Waals surface area (Å²) in [6.07, 6.45) is 5.44. The molecule has 0 amide bonds. The first-order valence-electron chi connectivity index (χ1n) is 6.53. The van der Waals surface area contributed by atoms with E-state index in [4.69, 9.17) is 0 Å². The van der Waals surface area contributed by atoms with E-state index in [-0.39, 0.29) is 0 Å². The summed E-state index contributed by atoms with van der Waals surface area (Å²) in [5, 5.41) is 3.62. The Balaban J connectivity index is 2.23. The maximum absolute atomic E-state index is 3.62. The lowest BCUT2D eigenvalue weighted by molar-refractivity contribution is 0.193. The van der Waals surface area contributed by atoms with Crippen molar-refractivity contribution >= 4 is 0 Å². The highest BCUT2D eigenvalue weighted by Gasteiger charge is 2.17. The molecule has 1 saturated heterocycles. The van der Waals surface area contributed by atoms with Gasteiger partial charge in [-0.2, -0.15) is 0 Å². The van der Waals surface area contributed by atoms with Crippen LogP contribution in [0.1, 0.15) is 46.5 Å². The Hall–Kier alpha value is -0.0800. The quantitative estimate of drug-likeness (QED) is 0.753. The lowest BCUT2D eigenvalue weighted by Crippen LogP contribution is -2.45. The number of hydrogen-bond donors (Lipinski definition) is 1. The lowest BCUT2D eigenvalue weighted by Gasteiger charge is -2.32. The summed E-state index contributed by atoms with van der Waals surface area (Å²) in [4.78, 5) is 2.52. The van der Waals surface area contributed by atoms with Crippen LogP contribution in [-0.2, 0) is 0 Å². The Morgan fingerprint density at radius 1 is 1.27 bits per heavy atom. The van der Waals surface area contributed by atoms with Gasteiger partial charge in [0.15, 0.2) is 0 Å². The highest BCUT2D eigenvalue weighted by molar-refractivity contribution is 4.77. The van der Waals surface area contributed by atoms with Crippen molar-refractivity contribution in [2.75, 3.05) is 20.1 Å². The normalized spacial score (nSPS) is 24.8. The van der Waals surface area contributed by atoms with Crippen LogP contribution >= 0.6 is 0 Å². The lowest BCUT2D eigenvalue weighted by atomic mass is 10.0. The molecule has 1 heterocycles. The van der Waals surface area contributed by atoms with Crippen molar-refractivity contribution in [3.05, 3.63) is 0 Å².